The van der Waals surface area contributed by atoms with Gasteiger partial charge in [-0.15, -0.1) is 0 Å². The number of carbonyl (C=O) groups excluding carboxylic acids is 1. The van der Waals surface area contributed by atoms with Gasteiger partial charge in [-0.05, 0) is 12.3 Å². The van der Waals surface area contributed by atoms with Crippen molar-refractivity contribution >= 4 is 11.9 Å². The van der Waals surface area contributed by atoms with Crippen LogP contribution in [0.15, 0.2) is 0 Å². The van der Waals surface area contributed by atoms with E-state index < -0.39 is 37.1 Å². The number of carboxylic acid groups (broad SMARTS) is 1. The minimum atomic E-state index is -2.81. The Kier molecular flexibility index (Phi) is 1.91. The van der Waals surface area contributed by atoms with Gasteiger partial charge in [0.15, 0.2) is 0 Å². The molecule has 4 nitrogen and oxygen atoms in total. The van der Waals surface area contributed by atoms with Crippen molar-refractivity contribution < 1.29 is 21.5 Å². The number of carboxylic acids is 1. The van der Waals surface area contributed by atoms with E-state index in [0.717, 1.165) is 13.8 Å². The molecule has 3 atom stereocenters. The van der Waals surface area contributed by atoms with Crippen LogP contribution >= 0.6 is 0 Å². The fourth-order valence-electron chi connectivity index (χ4n) is 0.644. The molecule has 0 rings (SSSR count). The predicted molar refractivity (Wildman–Crippen MR) is 44.7 cm³/mol. The van der Waals surface area contributed by atoms with E-state index in [9.17, 15) is 9.59 Å². The molecule has 4 heteroatoms. The monoisotopic (exact) mass is 179 g/mol. The molecule has 0 aromatic carbocycles. The first-order chi connectivity index (χ1) is 7.41. The Balaban J connectivity index is 5.15. The molecule has 12 heavy (non-hydrogen) atoms. The molecular weight excluding hydrogens is 159 g/mol. The molecule has 70 valence electrons. The molecule has 0 aromatic rings. The average Bonchev–Trinajstić information content (AvgIpc) is 2.10. The van der Waals surface area contributed by atoms with Crippen LogP contribution in [0.25, 0.3) is 0 Å². The molecule has 0 aliphatic heterocycles. The Labute approximate surface area is 79.0 Å². The second-order valence-electron chi connectivity index (χ2n) is 2.37. The summed E-state index contributed by atoms with van der Waals surface area (Å²) in [5.41, 5.74) is 0. The molecule has 1 amide bonds. The summed E-state index contributed by atoms with van der Waals surface area (Å²) in [4.78, 5) is 21.6. The van der Waals surface area contributed by atoms with Crippen molar-refractivity contribution in [2.45, 2.75) is 33.1 Å². The Morgan fingerprint density at radius 1 is 1.83 bits per heavy atom. The third kappa shape index (κ3) is 4.71. The maximum Gasteiger partial charge on any atom is 0.326 e. The van der Waals surface area contributed by atoms with Gasteiger partial charge in [0, 0.05) is 13.8 Å². The van der Waals surface area contributed by atoms with Crippen LogP contribution in [0.3, 0.4) is 0 Å². The van der Waals surface area contributed by atoms with E-state index in [-0.39, 0.29) is 0 Å². The molecule has 0 spiro atoms. The third-order valence-electron chi connectivity index (χ3n) is 1.04. The fourth-order valence-corrected chi connectivity index (χ4v) is 0.644. The first-order valence-electron chi connectivity index (χ1n) is 5.91. The van der Waals surface area contributed by atoms with Gasteiger partial charge in [0.1, 0.15) is 6.04 Å². The maximum atomic E-state index is 10.8. The summed E-state index contributed by atoms with van der Waals surface area (Å²) in [5, 5.41) is 10.8. The molecule has 2 N–H and O–H groups in total. The summed E-state index contributed by atoms with van der Waals surface area (Å²) in [7, 11) is 0. The van der Waals surface area contributed by atoms with Gasteiger partial charge in [0.2, 0.25) is 5.91 Å². The molecule has 1 unspecified atom stereocenters. The number of rotatable bonds is 4. The van der Waals surface area contributed by atoms with Crippen molar-refractivity contribution in [3.63, 3.8) is 0 Å². The Morgan fingerprint density at radius 2 is 2.42 bits per heavy atom. The first kappa shape index (κ1) is 4.84. The second kappa shape index (κ2) is 4.74. The lowest BCUT2D eigenvalue weighted by atomic mass is 10.1. The highest BCUT2D eigenvalue weighted by atomic mass is 16.4. The van der Waals surface area contributed by atoms with Crippen LogP contribution in [-0.2, 0) is 9.59 Å². The molecule has 0 saturated heterocycles. The van der Waals surface area contributed by atoms with E-state index in [4.69, 9.17) is 12.0 Å². The summed E-state index contributed by atoms with van der Waals surface area (Å²) in [6.45, 7) is -0.805. The van der Waals surface area contributed by atoms with Gasteiger partial charge >= 0.3 is 5.97 Å². The van der Waals surface area contributed by atoms with Crippen LogP contribution in [0.2, 0.25) is 0 Å². The summed E-state index contributed by atoms with van der Waals surface area (Å²) < 4.78 is 36.5. The second-order valence-corrected chi connectivity index (χ2v) is 2.37. The standard InChI is InChI=1S/C8H15NO3/c1-5(2)4-7(8(11)12)9-6(3)10/h5,7H,4H2,1-3H3,(H,9,10)(H,11,12)/i1D3,2+1,4D,5D/t4-,5-,7?/m1/s1. The zero-order valence-corrected chi connectivity index (χ0v) is 6.92. The van der Waals surface area contributed by atoms with Crippen molar-refractivity contribution in [3.8, 4) is 0 Å². The lowest BCUT2D eigenvalue weighted by Crippen LogP contribution is -2.40. The molecule has 0 fully saturated rings. The number of nitrogens with one attached hydrogen (secondary N) is 1. The summed E-state index contributed by atoms with van der Waals surface area (Å²) in [5.74, 6) is -4.53. The molecule has 0 aliphatic rings. The van der Waals surface area contributed by atoms with E-state index in [0.29, 0.717) is 0 Å². The largest absolute Gasteiger partial charge is 0.480 e. The highest BCUT2D eigenvalue weighted by Gasteiger charge is 2.18. The molecule has 0 aliphatic carbocycles. The van der Waals surface area contributed by atoms with E-state index in [1.165, 1.54) is 0 Å². The Bertz CT molecular complexity index is 315. The van der Waals surface area contributed by atoms with E-state index >= 15 is 0 Å². The molecule has 0 aromatic heterocycles. The van der Waals surface area contributed by atoms with Crippen molar-refractivity contribution in [2.75, 3.05) is 0 Å². The van der Waals surface area contributed by atoms with Gasteiger partial charge in [-0.3, -0.25) is 4.79 Å². The maximum absolute atomic E-state index is 10.8. The minimum absolute atomic E-state index is 0.698. The molecule has 0 saturated carbocycles. The highest BCUT2D eigenvalue weighted by molar-refractivity contribution is 5.81. The van der Waals surface area contributed by atoms with E-state index in [1.54, 1.807) is 0 Å². The zero-order chi connectivity index (χ0) is 14.0. The number of carbonyl (C=O) groups is 2. The quantitative estimate of drug-likeness (QED) is 0.622. The molecular formula is C8H15NO3. The van der Waals surface area contributed by atoms with Crippen LogP contribution in [0.1, 0.15) is 34.0 Å². The van der Waals surface area contributed by atoms with E-state index in [2.05, 4.69) is 0 Å². The van der Waals surface area contributed by atoms with Crippen molar-refractivity contribution in [1.82, 2.24) is 5.32 Å². The normalized spacial score (nSPS) is 27.3. The molecule has 0 radical (unpaired) electrons. The SMILES string of the molecule is [2H][C@@H](C(NC(C)=O)C(=O)O)[C@@]([2H])([13CH3])C([2H])([2H])[2H]. The number of aliphatic carboxylic acids is 1. The van der Waals surface area contributed by atoms with Crippen LogP contribution < -0.4 is 5.32 Å². The summed E-state index contributed by atoms with van der Waals surface area (Å²) in [6.07, 6.45) is -1.81. The van der Waals surface area contributed by atoms with Gasteiger partial charge in [-0.25, -0.2) is 4.79 Å². The van der Waals surface area contributed by atoms with Gasteiger partial charge in [-0.2, -0.15) is 0 Å². The number of hydrogen-bond donors (Lipinski definition) is 2. The van der Waals surface area contributed by atoms with Crippen LogP contribution in [0.5, 0.6) is 0 Å². The predicted octanol–water partition coefficient (Wildman–Crippen LogP) is 0.622. The lowest BCUT2D eigenvalue weighted by Gasteiger charge is -2.14. The van der Waals surface area contributed by atoms with Crippen LogP contribution in [0.4, 0.5) is 0 Å². The minimum Gasteiger partial charge on any atom is -0.480 e. The van der Waals surface area contributed by atoms with Crippen LogP contribution in [0, 0.1) is 5.89 Å². The molecule has 0 bridgehead atoms. The first-order valence-corrected chi connectivity index (χ1v) is 3.33. The molecule has 0 heterocycles. The Morgan fingerprint density at radius 3 is 2.75 bits per heavy atom. The van der Waals surface area contributed by atoms with Gasteiger partial charge in [0.05, 0.1) is 0 Å². The zero-order valence-electron chi connectivity index (χ0n) is 11.9. The third-order valence-corrected chi connectivity index (χ3v) is 1.04. The summed E-state index contributed by atoms with van der Waals surface area (Å²) in [6, 6.07) is -1.73. The Hall–Kier alpha value is -1.06. The fraction of sp³-hybridized carbons (Fsp3) is 0.750. The average molecular weight is 179 g/mol. The lowest BCUT2D eigenvalue weighted by molar-refractivity contribution is -0.142. The highest BCUT2D eigenvalue weighted by Crippen LogP contribution is 2.04. The topological polar surface area (TPSA) is 66.4 Å². The smallest absolute Gasteiger partial charge is 0.326 e. The number of amides is 1. The summed E-state index contributed by atoms with van der Waals surface area (Å²) >= 11 is 0. The van der Waals surface area contributed by atoms with Crippen molar-refractivity contribution in [1.29, 1.82) is 0 Å². The van der Waals surface area contributed by atoms with Crippen molar-refractivity contribution in [2.24, 2.45) is 5.89 Å². The number of hydrogen-bond acceptors (Lipinski definition) is 2. The van der Waals surface area contributed by atoms with Gasteiger partial charge in [-0.1, -0.05) is 13.8 Å². The van der Waals surface area contributed by atoms with E-state index in [1.807, 2.05) is 5.32 Å². The van der Waals surface area contributed by atoms with Crippen LogP contribution in [-0.4, -0.2) is 23.0 Å². The van der Waals surface area contributed by atoms with Gasteiger partial charge in [0.25, 0.3) is 0 Å². The van der Waals surface area contributed by atoms with Crippen molar-refractivity contribution in [3.05, 3.63) is 0 Å². The van der Waals surface area contributed by atoms with Gasteiger partial charge < -0.3 is 10.4 Å².